The number of piperidine rings is 1. The molecule has 2 fully saturated rings. The Labute approximate surface area is 149 Å². The standard InChI is InChI=1S/C18H25N3O2.ClH/c1-2-4-16(22)20-13-5-3-6-14(11-13)21-17(23)15-12-18(15)7-9-19-10-8-18;/h3,5-6,11,15,19H,2,4,7-10,12H2,1H3,(H,20,22)(H,21,23);1H. The Morgan fingerprint density at radius 2 is 1.88 bits per heavy atom. The normalized spacial score (nSPS) is 20.8. The molecule has 24 heavy (non-hydrogen) atoms. The van der Waals surface area contributed by atoms with E-state index in [0.717, 1.165) is 50.1 Å². The zero-order valence-electron chi connectivity index (χ0n) is 14.1. The lowest BCUT2D eigenvalue weighted by Crippen LogP contribution is -2.31. The van der Waals surface area contributed by atoms with Crippen LogP contribution in [0.15, 0.2) is 24.3 Å². The Hall–Kier alpha value is -1.59. The van der Waals surface area contributed by atoms with E-state index in [1.165, 1.54) is 0 Å². The molecule has 2 amide bonds. The second kappa shape index (κ2) is 7.99. The molecule has 1 saturated carbocycles. The summed E-state index contributed by atoms with van der Waals surface area (Å²) >= 11 is 0. The maximum atomic E-state index is 12.5. The fourth-order valence-electron chi connectivity index (χ4n) is 3.55. The van der Waals surface area contributed by atoms with Crippen molar-refractivity contribution < 1.29 is 9.59 Å². The molecule has 1 heterocycles. The van der Waals surface area contributed by atoms with Crippen molar-refractivity contribution in [1.29, 1.82) is 0 Å². The second-order valence-electron chi connectivity index (χ2n) is 6.74. The molecule has 3 N–H and O–H groups in total. The Balaban J connectivity index is 0.00000208. The molecular formula is C18H26ClN3O2. The minimum atomic E-state index is 0. The van der Waals surface area contributed by atoms with Gasteiger partial charge >= 0.3 is 0 Å². The van der Waals surface area contributed by atoms with Gasteiger partial charge in [-0.2, -0.15) is 0 Å². The highest BCUT2D eigenvalue weighted by molar-refractivity contribution is 5.96. The van der Waals surface area contributed by atoms with Crippen LogP contribution >= 0.6 is 12.4 Å². The molecule has 1 aliphatic carbocycles. The molecule has 1 aromatic rings. The smallest absolute Gasteiger partial charge is 0.228 e. The zero-order valence-corrected chi connectivity index (χ0v) is 14.9. The number of hydrogen-bond acceptors (Lipinski definition) is 3. The topological polar surface area (TPSA) is 70.2 Å². The molecule has 0 radical (unpaired) electrons. The number of anilines is 2. The van der Waals surface area contributed by atoms with E-state index in [9.17, 15) is 9.59 Å². The van der Waals surface area contributed by atoms with Gasteiger partial charge in [-0.15, -0.1) is 12.4 Å². The molecule has 5 nitrogen and oxygen atoms in total. The van der Waals surface area contributed by atoms with E-state index >= 15 is 0 Å². The van der Waals surface area contributed by atoms with Crippen molar-refractivity contribution in [2.24, 2.45) is 11.3 Å². The van der Waals surface area contributed by atoms with Crippen LogP contribution in [0.25, 0.3) is 0 Å². The summed E-state index contributed by atoms with van der Waals surface area (Å²) in [6.07, 6.45) is 4.53. The molecule has 3 rings (SSSR count). The molecule has 0 bridgehead atoms. The molecule has 1 spiro atoms. The predicted octanol–water partition coefficient (Wildman–Crippen LogP) is 3.18. The number of rotatable bonds is 5. The number of carbonyl (C=O) groups excluding carboxylic acids is 2. The fraction of sp³-hybridized carbons (Fsp3) is 0.556. The van der Waals surface area contributed by atoms with Crippen LogP contribution in [-0.4, -0.2) is 24.9 Å². The Bertz CT molecular complexity index is 600. The van der Waals surface area contributed by atoms with Gasteiger partial charge in [-0.3, -0.25) is 9.59 Å². The fourth-order valence-corrected chi connectivity index (χ4v) is 3.55. The number of halogens is 1. The molecule has 1 aromatic carbocycles. The number of nitrogens with one attached hydrogen (secondary N) is 3. The third-order valence-corrected chi connectivity index (χ3v) is 5.00. The Morgan fingerprint density at radius 1 is 1.21 bits per heavy atom. The molecule has 0 aromatic heterocycles. The van der Waals surface area contributed by atoms with Crippen LogP contribution in [0.4, 0.5) is 11.4 Å². The van der Waals surface area contributed by atoms with Crippen LogP contribution in [0.2, 0.25) is 0 Å². The van der Waals surface area contributed by atoms with Crippen molar-refractivity contribution in [2.45, 2.75) is 39.0 Å². The average molecular weight is 352 g/mol. The summed E-state index contributed by atoms with van der Waals surface area (Å²) < 4.78 is 0. The first-order valence-electron chi connectivity index (χ1n) is 8.54. The first-order valence-corrected chi connectivity index (χ1v) is 8.54. The lowest BCUT2D eigenvalue weighted by atomic mass is 9.92. The van der Waals surface area contributed by atoms with Gasteiger partial charge < -0.3 is 16.0 Å². The molecule has 1 atom stereocenters. The van der Waals surface area contributed by atoms with E-state index in [1.807, 2.05) is 31.2 Å². The average Bonchev–Trinajstić information content (AvgIpc) is 3.22. The molecule has 2 aliphatic rings. The van der Waals surface area contributed by atoms with Crippen molar-refractivity contribution in [3.63, 3.8) is 0 Å². The lowest BCUT2D eigenvalue weighted by Gasteiger charge is -2.23. The van der Waals surface area contributed by atoms with Gasteiger partial charge in [0, 0.05) is 23.7 Å². The number of benzene rings is 1. The van der Waals surface area contributed by atoms with Crippen LogP contribution in [0.5, 0.6) is 0 Å². The highest BCUT2D eigenvalue weighted by atomic mass is 35.5. The van der Waals surface area contributed by atoms with Crippen LogP contribution < -0.4 is 16.0 Å². The van der Waals surface area contributed by atoms with E-state index in [1.54, 1.807) is 0 Å². The van der Waals surface area contributed by atoms with Gasteiger partial charge in [-0.1, -0.05) is 13.0 Å². The number of hydrogen-bond donors (Lipinski definition) is 3. The summed E-state index contributed by atoms with van der Waals surface area (Å²) in [5.41, 5.74) is 1.72. The van der Waals surface area contributed by atoms with E-state index in [2.05, 4.69) is 16.0 Å². The quantitative estimate of drug-likeness (QED) is 0.763. The molecule has 1 unspecified atom stereocenters. The van der Waals surface area contributed by atoms with Crippen LogP contribution in [-0.2, 0) is 9.59 Å². The highest BCUT2D eigenvalue weighted by Gasteiger charge is 2.57. The van der Waals surface area contributed by atoms with Crippen molar-refractivity contribution in [3.05, 3.63) is 24.3 Å². The lowest BCUT2D eigenvalue weighted by molar-refractivity contribution is -0.118. The molecule has 1 saturated heterocycles. The van der Waals surface area contributed by atoms with Gasteiger partial charge in [0.25, 0.3) is 0 Å². The number of carbonyl (C=O) groups is 2. The van der Waals surface area contributed by atoms with Gasteiger partial charge in [0.1, 0.15) is 0 Å². The first-order chi connectivity index (χ1) is 11.1. The van der Waals surface area contributed by atoms with Gasteiger partial charge in [-0.05, 0) is 62.4 Å². The van der Waals surface area contributed by atoms with Gasteiger partial charge in [-0.25, -0.2) is 0 Å². The molecular weight excluding hydrogens is 326 g/mol. The molecule has 1 aliphatic heterocycles. The maximum absolute atomic E-state index is 12.5. The molecule has 6 heteroatoms. The Morgan fingerprint density at radius 3 is 2.54 bits per heavy atom. The SMILES string of the molecule is CCCC(=O)Nc1cccc(NC(=O)C2CC23CCNCC3)c1.Cl. The third-order valence-electron chi connectivity index (χ3n) is 5.00. The summed E-state index contributed by atoms with van der Waals surface area (Å²) in [4.78, 5) is 24.1. The van der Waals surface area contributed by atoms with Crippen molar-refractivity contribution >= 4 is 35.6 Å². The van der Waals surface area contributed by atoms with Crippen molar-refractivity contribution in [1.82, 2.24) is 5.32 Å². The largest absolute Gasteiger partial charge is 0.326 e. The highest BCUT2D eigenvalue weighted by Crippen LogP contribution is 2.58. The van der Waals surface area contributed by atoms with E-state index in [4.69, 9.17) is 0 Å². The van der Waals surface area contributed by atoms with E-state index in [0.29, 0.717) is 6.42 Å². The van der Waals surface area contributed by atoms with Crippen molar-refractivity contribution in [2.75, 3.05) is 23.7 Å². The van der Waals surface area contributed by atoms with Crippen LogP contribution in [0.3, 0.4) is 0 Å². The predicted molar refractivity (Wildman–Crippen MR) is 98.5 cm³/mol. The van der Waals surface area contributed by atoms with E-state index < -0.39 is 0 Å². The molecule has 132 valence electrons. The van der Waals surface area contributed by atoms with Crippen molar-refractivity contribution in [3.8, 4) is 0 Å². The van der Waals surface area contributed by atoms with Crippen LogP contribution in [0, 0.1) is 11.3 Å². The zero-order chi connectivity index (χ0) is 16.3. The minimum Gasteiger partial charge on any atom is -0.326 e. The second-order valence-corrected chi connectivity index (χ2v) is 6.74. The summed E-state index contributed by atoms with van der Waals surface area (Å²) in [5.74, 6) is 0.263. The third kappa shape index (κ3) is 4.28. The van der Waals surface area contributed by atoms with Gasteiger partial charge in [0.2, 0.25) is 11.8 Å². The summed E-state index contributed by atoms with van der Waals surface area (Å²) in [6, 6.07) is 7.38. The van der Waals surface area contributed by atoms with Gasteiger partial charge in [0.15, 0.2) is 0 Å². The Kier molecular flexibility index (Phi) is 6.24. The maximum Gasteiger partial charge on any atom is 0.228 e. The monoisotopic (exact) mass is 351 g/mol. The summed E-state index contributed by atoms with van der Waals surface area (Å²) in [5, 5.41) is 9.22. The van der Waals surface area contributed by atoms with Crippen LogP contribution in [0.1, 0.15) is 39.0 Å². The minimum absolute atomic E-state index is 0. The van der Waals surface area contributed by atoms with E-state index in [-0.39, 0.29) is 35.6 Å². The summed E-state index contributed by atoms with van der Waals surface area (Å²) in [7, 11) is 0. The van der Waals surface area contributed by atoms with Gasteiger partial charge in [0.05, 0.1) is 0 Å². The number of amides is 2. The summed E-state index contributed by atoms with van der Waals surface area (Å²) in [6.45, 7) is 4.01. The first kappa shape index (κ1) is 18.7.